The second-order valence-corrected chi connectivity index (χ2v) is 3.01. The smallest absolute Gasteiger partial charge is 0.259 e. The number of thiocarbonyl (C=S) groups is 1. The predicted octanol–water partition coefficient (Wildman–Crippen LogP) is 2.59. The molecule has 0 spiro atoms. The van der Waals surface area contributed by atoms with Gasteiger partial charge in [-0.2, -0.15) is 10.2 Å². The number of rotatable bonds is 1. The van der Waals surface area contributed by atoms with Crippen LogP contribution in [0.4, 0.5) is 0 Å². The number of azo groups is 2. The number of hydrogen-bond acceptors (Lipinski definition) is 4. The lowest BCUT2D eigenvalue weighted by molar-refractivity contribution is 0.459. The van der Waals surface area contributed by atoms with Crippen LogP contribution < -0.4 is 0 Å². The molecule has 1 aromatic carbocycles. The van der Waals surface area contributed by atoms with E-state index in [9.17, 15) is 5.11 Å². The number of benzene rings is 1. The first-order valence-corrected chi connectivity index (χ1v) is 4.32. The van der Waals surface area contributed by atoms with Crippen LogP contribution in [0.1, 0.15) is 11.7 Å². The second kappa shape index (κ2) is 3.59. The standard InChI is InChI=1S/C8H6N4OS/c13-6-4-2-1-3-5(6)7-9-11-8(14)12-10-7/h1-4,7,13H. The maximum atomic E-state index is 9.49. The summed E-state index contributed by atoms with van der Waals surface area (Å²) in [5.74, 6) is 0.128. The average Bonchev–Trinajstić information content (AvgIpc) is 2.20. The molecule has 1 aromatic rings. The summed E-state index contributed by atoms with van der Waals surface area (Å²) in [5, 5.41) is 24.4. The van der Waals surface area contributed by atoms with E-state index < -0.39 is 6.17 Å². The van der Waals surface area contributed by atoms with Crippen molar-refractivity contribution in [3.8, 4) is 5.75 Å². The van der Waals surface area contributed by atoms with E-state index in [1.165, 1.54) is 0 Å². The molecule has 0 unspecified atom stereocenters. The van der Waals surface area contributed by atoms with Gasteiger partial charge in [0, 0.05) is 5.56 Å². The zero-order valence-electron chi connectivity index (χ0n) is 7.03. The van der Waals surface area contributed by atoms with Crippen molar-refractivity contribution in [2.45, 2.75) is 6.17 Å². The van der Waals surface area contributed by atoms with Crippen LogP contribution in [0.15, 0.2) is 44.7 Å². The summed E-state index contributed by atoms with van der Waals surface area (Å²) in [4.78, 5) is 0. The van der Waals surface area contributed by atoms with Crippen LogP contribution in [0.3, 0.4) is 0 Å². The van der Waals surface area contributed by atoms with E-state index in [1.54, 1.807) is 24.3 Å². The quantitative estimate of drug-likeness (QED) is 0.717. The van der Waals surface area contributed by atoms with Crippen LogP contribution >= 0.6 is 12.2 Å². The van der Waals surface area contributed by atoms with Crippen molar-refractivity contribution < 1.29 is 5.11 Å². The fourth-order valence-electron chi connectivity index (χ4n) is 1.08. The van der Waals surface area contributed by atoms with Gasteiger partial charge >= 0.3 is 0 Å². The normalized spacial score (nSPS) is 16.1. The third-order valence-corrected chi connectivity index (χ3v) is 1.88. The SMILES string of the molecule is Oc1ccccc1C1N=NC(=S)N=N1. The summed E-state index contributed by atoms with van der Waals surface area (Å²) in [5.41, 5.74) is 0.572. The van der Waals surface area contributed by atoms with E-state index in [0.29, 0.717) is 5.56 Å². The monoisotopic (exact) mass is 206 g/mol. The Morgan fingerprint density at radius 3 is 2.43 bits per heavy atom. The summed E-state index contributed by atoms with van der Waals surface area (Å²) in [6.07, 6.45) is -0.581. The van der Waals surface area contributed by atoms with Crippen molar-refractivity contribution in [1.82, 2.24) is 0 Å². The molecular formula is C8H6N4OS. The molecule has 6 heteroatoms. The fraction of sp³-hybridized carbons (Fsp3) is 0.125. The molecule has 70 valence electrons. The molecule has 0 bridgehead atoms. The Balaban J connectivity index is 2.33. The zero-order valence-corrected chi connectivity index (χ0v) is 7.85. The van der Waals surface area contributed by atoms with Crippen LogP contribution in [-0.2, 0) is 0 Å². The number of phenolic OH excluding ortho intramolecular Hbond substituents is 1. The Kier molecular flexibility index (Phi) is 2.28. The van der Waals surface area contributed by atoms with Crippen molar-refractivity contribution in [1.29, 1.82) is 0 Å². The molecule has 1 aliphatic heterocycles. The van der Waals surface area contributed by atoms with Gasteiger partial charge < -0.3 is 5.11 Å². The Hall–Kier alpha value is -1.69. The molecule has 1 heterocycles. The number of nitrogens with zero attached hydrogens (tertiary/aromatic N) is 4. The highest BCUT2D eigenvalue weighted by Crippen LogP contribution is 2.29. The molecule has 1 N–H and O–H groups in total. The average molecular weight is 206 g/mol. The van der Waals surface area contributed by atoms with Gasteiger partial charge in [0.1, 0.15) is 5.75 Å². The highest BCUT2D eigenvalue weighted by atomic mass is 32.1. The Morgan fingerprint density at radius 2 is 1.79 bits per heavy atom. The van der Waals surface area contributed by atoms with Crippen LogP contribution in [0.5, 0.6) is 5.75 Å². The molecule has 0 saturated carbocycles. The van der Waals surface area contributed by atoms with Crippen molar-refractivity contribution in [2.75, 3.05) is 0 Å². The fourth-order valence-corrected chi connectivity index (χ4v) is 1.18. The van der Waals surface area contributed by atoms with E-state index in [0.717, 1.165) is 0 Å². The Bertz CT molecular complexity index is 413. The number of aromatic hydroxyl groups is 1. The Labute approximate surface area is 85.2 Å². The largest absolute Gasteiger partial charge is 0.508 e. The first-order valence-electron chi connectivity index (χ1n) is 3.91. The zero-order chi connectivity index (χ0) is 9.97. The highest BCUT2D eigenvalue weighted by Gasteiger charge is 2.15. The van der Waals surface area contributed by atoms with E-state index >= 15 is 0 Å². The van der Waals surface area contributed by atoms with Crippen molar-refractivity contribution in [3.05, 3.63) is 29.8 Å². The topological polar surface area (TPSA) is 69.7 Å². The summed E-state index contributed by atoms with van der Waals surface area (Å²) >= 11 is 4.66. The van der Waals surface area contributed by atoms with Gasteiger partial charge in [0.2, 0.25) is 6.17 Å². The first-order chi connectivity index (χ1) is 6.77. The van der Waals surface area contributed by atoms with E-state index in [4.69, 9.17) is 0 Å². The third-order valence-electron chi connectivity index (χ3n) is 1.72. The van der Waals surface area contributed by atoms with Gasteiger partial charge in [0.15, 0.2) is 0 Å². The maximum absolute atomic E-state index is 9.49. The molecule has 0 amide bonds. The van der Waals surface area contributed by atoms with Gasteiger partial charge in [-0.1, -0.05) is 18.2 Å². The maximum Gasteiger partial charge on any atom is 0.259 e. The highest BCUT2D eigenvalue weighted by molar-refractivity contribution is 7.80. The summed E-state index contributed by atoms with van der Waals surface area (Å²) in [6.45, 7) is 0. The van der Waals surface area contributed by atoms with Crippen LogP contribution in [0.2, 0.25) is 0 Å². The molecule has 0 aliphatic carbocycles. The molecule has 0 atom stereocenters. The van der Waals surface area contributed by atoms with E-state index in [-0.39, 0.29) is 10.9 Å². The first kappa shape index (κ1) is 8.89. The van der Waals surface area contributed by atoms with Crippen LogP contribution in [-0.4, -0.2) is 10.2 Å². The van der Waals surface area contributed by atoms with E-state index in [2.05, 4.69) is 32.7 Å². The van der Waals surface area contributed by atoms with Crippen molar-refractivity contribution in [3.63, 3.8) is 0 Å². The van der Waals surface area contributed by atoms with Crippen molar-refractivity contribution in [2.24, 2.45) is 20.5 Å². The van der Waals surface area contributed by atoms with Gasteiger partial charge in [0.25, 0.3) is 5.11 Å². The number of para-hydroxylation sites is 1. The molecule has 0 fully saturated rings. The number of phenols is 1. The molecule has 0 aromatic heterocycles. The minimum atomic E-state index is -0.581. The lowest BCUT2D eigenvalue weighted by Gasteiger charge is -2.09. The second-order valence-electron chi connectivity index (χ2n) is 2.65. The summed E-state index contributed by atoms with van der Waals surface area (Å²) in [6, 6.07) is 6.79. The lowest BCUT2D eigenvalue weighted by atomic mass is 10.1. The molecule has 5 nitrogen and oxygen atoms in total. The van der Waals surface area contributed by atoms with Crippen molar-refractivity contribution >= 4 is 17.3 Å². The molecule has 14 heavy (non-hydrogen) atoms. The predicted molar refractivity (Wildman–Crippen MR) is 53.2 cm³/mol. The molecule has 2 rings (SSSR count). The molecule has 0 radical (unpaired) electrons. The summed E-state index contributed by atoms with van der Waals surface area (Å²) in [7, 11) is 0. The third kappa shape index (κ3) is 1.64. The minimum Gasteiger partial charge on any atom is -0.508 e. The molecule has 0 saturated heterocycles. The molecular weight excluding hydrogens is 200 g/mol. The van der Waals surface area contributed by atoms with Gasteiger partial charge in [0.05, 0.1) is 0 Å². The minimum absolute atomic E-state index is 0.108. The van der Waals surface area contributed by atoms with Gasteiger partial charge in [-0.25, -0.2) is 0 Å². The van der Waals surface area contributed by atoms with E-state index in [1.807, 2.05) is 0 Å². The number of hydrogen-bond donors (Lipinski definition) is 1. The van der Waals surface area contributed by atoms with Crippen LogP contribution in [0, 0.1) is 0 Å². The Morgan fingerprint density at radius 1 is 1.14 bits per heavy atom. The van der Waals surface area contributed by atoms with Gasteiger partial charge in [-0.15, -0.1) is 10.2 Å². The summed E-state index contributed by atoms with van der Waals surface area (Å²) < 4.78 is 0. The van der Waals surface area contributed by atoms with Gasteiger partial charge in [-0.3, -0.25) is 0 Å². The molecule has 1 aliphatic rings. The lowest BCUT2D eigenvalue weighted by Crippen LogP contribution is -1.97. The van der Waals surface area contributed by atoms with Gasteiger partial charge in [-0.05, 0) is 18.3 Å². The van der Waals surface area contributed by atoms with Crippen LogP contribution in [0.25, 0.3) is 0 Å².